The molecule has 0 bridgehead atoms. The fourth-order valence-corrected chi connectivity index (χ4v) is 3.08. The predicted octanol–water partition coefficient (Wildman–Crippen LogP) is 4.34. The van der Waals surface area contributed by atoms with E-state index in [9.17, 15) is 0 Å². The molecule has 1 aliphatic heterocycles. The van der Waals surface area contributed by atoms with Gasteiger partial charge in [0.05, 0.1) is 0 Å². The van der Waals surface area contributed by atoms with Crippen LogP contribution in [0.4, 0.5) is 0 Å². The van der Waals surface area contributed by atoms with Gasteiger partial charge in [0.2, 0.25) is 0 Å². The first-order valence-electron chi connectivity index (χ1n) is 7.38. The topological polar surface area (TPSA) is 12.5 Å². The molecule has 2 rings (SSSR count). The van der Waals surface area contributed by atoms with Crippen molar-refractivity contribution in [3.63, 3.8) is 0 Å². The number of rotatable bonds is 5. The van der Waals surface area contributed by atoms with E-state index in [2.05, 4.69) is 27.8 Å². The molecule has 0 aliphatic carbocycles. The van der Waals surface area contributed by atoms with Crippen molar-refractivity contribution in [3.05, 3.63) is 28.7 Å². The normalized spacial score (nSPS) is 21.1. The second kappa shape index (κ2) is 7.91. The highest BCUT2D eigenvalue weighted by Gasteiger charge is 2.15. The summed E-state index contributed by atoms with van der Waals surface area (Å²) in [6.45, 7) is 6.62. The van der Waals surface area contributed by atoms with Crippen LogP contribution in [-0.4, -0.2) is 31.1 Å². The Bertz CT molecular complexity index is 383. The minimum Gasteiger partial charge on any atom is -0.492 e. The Morgan fingerprint density at radius 2 is 2.21 bits per heavy atom. The van der Waals surface area contributed by atoms with Gasteiger partial charge in [0.1, 0.15) is 12.4 Å². The summed E-state index contributed by atoms with van der Waals surface area (Å²) in [6.07, 6.45) is 5.44. The number of hydrogen-bond donors (Lipinski definition) is 0. The number of nitrogens with zero attached hydrogens (tertiary/aromatic N) is 1. The lowest BCUT2D eigenvalue weighted by molar-refractivity contribution is 0.212. The zero-order valence-corrected chi connectivity index (χ0v) is 13.4. The van der Waals surface area contributed by atoms with Crippen molar-refractivity contribution in [2.45, 2.75) is 32.6 Å². The molecule has 1 fully saturated rings. The predicted molar refractivity (Wildman–Crippen MR) is 83.7 cm³/mol. The summed E-state index contributed by atoms with van der Waals surface area (Å²) in [4.78, 5) is 2.55. The molecule has 1 heterocycles. The lowest BCUT2D eigenvalue weighted by atomic mass is 9.98. The molecule has 0 N–H and O–H groups in total. The molecule has 19 heavy (non-hydrogen) atoms. The van der Waals surface area contributed by atoms with Crippen molar-refractivity contribution < 1.29 is 4.74 Å². The molecule has 1 saturated heterocycles. The van der Waals surface area contributed by atoms with Gasteiger partial charge in [-0.1, -0.05) is 35.3 Å². The third-order valence-electron chi connectivity index (χ3n) is 3.99. The lowest BCUT2D eigenvalue weighted by Crippen LogP contribution is -2.29. The molecule has 0 saturated carbocycles. The van der Waals surface area contributed by atoms with E-state index in [1.165, 1.54) is 38.8 Å². The van der Waals surface area contributed by atoms with Crippen molar-refractivity contribution in [1.82, 2.24) is 4.90 Å². The van der Waals surface area contributed by atoms with Crippen LogP contribution in [0.25, 0.3) is 0 Å². The van der Waals surface area contributed by atoms with Gasteiger partial charge in [-0.3, -0.25) is 4.90 Å². The van der Waals surface area contributed by atoms with Crippen LogP contribution < -0.4 is 4.74 Å². The van der Waals surface area contributed by atoms with Gasteiger partial charge in [0.25, 0.3) is 0 Å². The molecule has 3 heteroatoms. The Kier molecular flexibility index (Phi) is 6.18. The van der Waals surface area contributed by atoms with Gasteiger partial charge in [0.15, 0.2) is 0 Å². The molecule has 0 aromatic heterocycles. The summed E-state index contributed by atoms with van der Waals surface area (Å²) >= 11 is 3.47. The molecule has 0 amide bonds. The van der Waals surface area contributed by atoms with Gasteiger partial charge in [0, 0.05) is 11.0 Å². The van der Waals surface area contributed by atoms with Crippen molar-refractivity contribution in [1.29, 1.82) is 0 Å². The lowest BCUT2D eigenvalue weighted by Gasteiger charge is -2.20. The van der Waals surface area contributed by atoms with Crippen molar-refractivity contribution in [3.8, 4) is 5.75 Å². The number of hydrogen-bond acceptors (Lipinski definition) is 2. The Morgan fingerprint density at radius 3 is 3.00 bits per heavy atom. The summed E-state index contributed by atoms with van der Waals surface area (Å²) in [5, 5.41) is 0. The fraction of sp³-hybridized carbons (Fsp3) is 0.625. The van der Waals surface area contributed by atoms with E-state index in [0.717, 1.165) is 29.3 Å². The van der Waals surface area contributed by atoms with Gasteiger partial charge < -0.3 is 4.74 Å². The van der Waals surface area contributed by atoms with Crippen molar-refractivity contribution in [2.24, 2.45) is 5.92 Å². The molecule has 0 radical (unpaired) electrons. The zero-order chi connectivity index (χ0) is 13.5. The maximum absolute atomic E-state index is 5.81. The summed E-state index contributed by atoms with van der Waals surface area (Å²) in [5.41, 5.74) is 0. The number of halogens is 1. The highest BCUT2D eigenvalue weighted by Crippen LogP contribution is 2.20. The fourth-order valence-electron chi connectivity index (χ4n) is 2.71. The second-order valence-electron chi connectivity index (χ2n) is 5.35. The van der Waals surface area contributed by atoms with Crippen LogP contribution in [0.2, 0.25) is 0 Å². The van der Waals surface area contributed by atoms with E-state index in [1.54, 1.807) is 0 Å². The number of likely N-dealkylation sites (tertiary alicyclic amines) is 1. The molecular formula is C16H24BrNO. The smallest absolute Gasteiger partial charge is 0.120 e. The summed E-state index contributed by atoms with van der Waals surface area (Å²) in [6, 6.07) is 8.07. The maximum Gasteiger partial charge on any atom is 0.120 e. The average molecular weight is 326 g/mol. The Hall–Kier alpha value is -0.540. The maximum atomic E-state index is 5.81. The molecular weight excluding hydrogens is 302 g/mol. The standard InChI is InChI=1S/C16H24BrNO/c1-2-14-5-4-9-18(10-8-14)11-12-19-16-7-3-6-15(17)13-16/h3,6-7,13-14H,2,4-5,8-12H2,1H3. The molecule has 1 atom stereocenters. The molecule has 0 spiro atoms. The minimum atomic E-state index is 0.785. The van der Waals surface area contributed by atoms with E-state index >= 15 is 0 Å². The van der Waals surface area contributed by atoms with Crippen LogP contribution in [0.3, 0.4) is 0 Å². The first kappa shape index (κ1) is 14.9. The van der Waals surface area contributed by atoms with Crippen molar-refractivity contribution >= 4 is 15.9 Å². The van der Waals surface area contributed by atoms with Crippen LogP contribution in [0.5, 0.6) is 5.75 Å². The van der Waals surface area contributed by atoms with Gasteiger partial charge in [-0.05, 0) is 56.5 Å². The van der Waals surface area contributed by atoms with E-state index in [-0.39, 0.29) is 0 Å². The Morgan fingerprint density at radius 1 is 1.32 bits per heavy atom. The van der Waals surface area contributed by atoms with Crippen LogP contribution >= 0.6 is 15.9 Å². The Labute approximate surface area is 125 Å². The van der Waals surface area contributed by atoms with Crippen molar-refractivity contribution in [2.75, 3.05) is 26.2 Å². The monoisotopic (exact) mass is 325 g/mol. The van der Waals surface area contributed by atoms with E-state index in [0.29, 0.717) is 0 Å². The molecule has 1 aromatic rings. The highest BCUT2D eigenvalue weighted by molar-refractivity contribution is 9.10. The van der Waals surface area contributed by atoms with E-state index in [1.807, 2.05) is 24.3 Å². The Balaban J connectivity index is 1.70. The van der Waals surface area contributed by atoms with Gasteiger partial charge in [-0.2, -0.15) is 0 Å². The molecule has 1 unspecified atom stereocenters. The average Bonchev–Trinajstić information content (AvgIpc) is 2.64. The van der Waals surface area contributed by atoms with Gasteiger partial charge in [-0.15, -0.1) is 0 Å². The van der Waals surface area contributed by atoms with Crippen LogP contribution in [0.1, 0.15) is 32.6 Å². The van der Waals surface area contributed by atoms with E-state index in [4.69, 9.17) is 4.74 Å². The molecule has 2 nitrogen and oxygen atoms in total. The summed E-state index contributed by atoms with van der Waals surface area (Å²) < 4.78 is 6.89. The number of benzene rings is 1. The second-order valence-corrected chi connectivity index (χ2v) is 6.27. The zero-order valence-electron chi connectivity index (χ0n) is 11.8. The summed E-state index contributed by atoms with van der Waals surface area (Å²) in [5.74, 6) is 1.90. The quantitative estimate of drug-likeness (QED) is 0.798. The first-order chi connectivity index (χ1) is 9.28. The minimum absolute atomic E-state index is 0.785. The molecule has 1 aromatic carbocycles. The third kappa shape index (κ3) is 5.15. The molecule has 1 aliphatic rings. The SMILES string of the molecule is CCC1CCCN(CCOc2cccc(Br)c2)CC1. The van der Waals surface area contributed by atoms with E-state index < -0.39 is 0 Å². The van der Waals surface area contributed by atoms with Crippen LogP contribution in [-0.2, 0) is 0 Å². The summed E-state index contributed by atoms with van der Waals surface area (Å²) in [7, 11) is 0. The largest absolute Gasteiger partial charge is 0.492 e. The van der Waals surface area contributed by atoms with Gasteiger partial charge in [-0.25, -0.2) is 0 Å². The highest BCUT2D eigenvalue weighted by atomic mass is 79.9. The van der Waals surface area contributed by atoms with Gasteiger partial charge >= 0.3 is 0 Å². The molecule has 106 valence electrons. The number of ether oxygens (including phenoxy) is 1. The first-order valence-corrected chi connectivity index (χ1v) is 8.18. The third-order valence-corrected chi connectivity index (χ3v) is 4.48. The van der Waals surface area contributed by atoms with Crippen LogP contribution in [0, 0.1) is 5.92 Å². The van der Waals surface area contributed by atoms with Crippen LogP contribution in [0.15, 0.2) is 28.7 Å².